The van der Waals surface area contributed by atoms with Crippen molar-refractivity contribution in [1.82, 2.24) is 9.80 Å². The number of thioether (sulfide) groups is 1. The molecule has 0 N–H and O–H groups in total. The molecule has 0 bridgehead atoms. The van der Waals surface area contributed by atoms with Crippen LogP contribution < -0.4 is 0 Å². The third kappa shape index (κ3) is 1.95. The lowest BCUT2D eigenvalue weighted by atomic mass is 10.1. The summed E-state index contributed by atoms with van der Waals surface area (Å²) in [4.78, 5) is 10.8. The minimum atomic E-state index is 0.359. The summed E-state index contributed by atoms with van der Waals surface area (Å²) in [6.07, 6.45) is 2.57. The van der Waals surface area contributed by atoms with Gasteiger partial charge in [0.2, 0.25) is 0 Å². The van der Waals surface area contributed by atoms with Gasteiger partial charge in [-0.2, -0.15) is 0 Å². The minimum absolute atomic E-state index is 0.359. The quantitative estimate of drug-likeness (QED) is 0.686. The van der Waals surface area contributed by atoms with Gasteiger partial charge in [0.1, 0.15) is 10.8 Å². The molecule has 2 fully saturated rings. The van der Waals surface area contributed by atoms with Crippen LogP contribution in [-0.4, -0.2) is 51.4 Å². The van der Waals surface area contributed by atoms with Gasteiger partial charge in [0.25, 0.3) is 0 Å². The van der Waals surface area contributed by atoms with E-state index in [4.69, 9.17) is 17.2 Å². The molecule has 0 spiro atoms. The van der Waals surface area contributed by atoms with Crippen LogP contribution in [0.15, 0.2) is 29.3 Å². The molecule has 3 aliphatic heterocycles. The summed E-state index contributed by atoms with van der Waals surface area (Å²) in [7, 11) is 0. The van der Waals surface area contributed by atoms with Gasteiger partial charge in [-0.15, -0.1) is 11.8 Å². The van der Waals surface area contributed by atoms with Crippen molar-refractivity contribution in [1.29, 1.82) is 0 Å². The average Bonchev–Trinajstić information content (AvgIpc) is 3.14. The number of likely N-dealkylation sites (tertiary alicyclic amines) is 1. The van der Waals surface area contributed by atoms with Gasteiger partial charge in [0.05, 0.1) is 17.6 Å². The van der Waals surface area contributed by atoms with Crippen molar-refractivity contribution in [2.75, 3.05) is 24.7 Å². The highest BCUT2D eigenvalue weighted by molar-refractivity contribution is 7.99. The van der Waals surface area contributed by atoms with E-state index >= 15 is 0 Å². The second-order valence-corrected chi connectivity index (χ2v) is 6.86. The van der Waals surface area contributed by atoms with E-state index in [0.717, 1.165) is 41.0 Å². The van der Waals surface area contributed by atoms with Crippen molar-refractivity contribution in [3.63, 3.8) is 0 Å². The smallest absolute Gasteiger partial charge is 0.129 e. The summed E-state index contributed by atoms with van der Waals surface area (Å²) in [6.45, 7) is 2.28. The molecule has 20 heavy (non-hydrogen) atoms. The Bertz CT molecular complexity index is 578. The van der Waals surface area contributed by atoms with E-state index < -0.39 is 0 Å². The summed E-state index contributed by atoms with van der Waals surface area (Å²) >= 11 is 7.69. The zero-order chi connectivity index (χ0) is 13.5. The monoisotopic (exact) mass is 303 g/mol. The van der Waals surface area contributed by atoms with Gasteiger partial charge in [0.15, 0.2) is 0 Å². The second kappa shape index (κ2) is 5.04. The molecule has 1 aromatic rings. The predicted molar refractivity (Wildman–Crippen MR) is 89.0 cm³/mol. The van der Waals surface area contributed by atoms with Crippen molar-refractivity contribution in [2.45, 2.75) is 18.9 Å². The molecule has 4 rings (SSSR count). The number of rotatable bonds is 0. The lowest BCUT2D eigenvalue weighted by Crippen LogP contribution is -2.46. The number of benzene rings is 1. The molecule has 0 amide bonds. The maximum Gasteiger partial charge on any atom is 0.129 e. The summed E-state index contributed by atoms with van der Waals surface area (Å²) in [5, 5.41) is 0. The molecule has 0 saturated carbocycles. The van der Waals surface area contributed by atoms with Gasteiger partial charge in [-0.25, -0.2) is 4.99 Å². The molecule has 2 saturated heterocycles. The Morgan fingerprint density at radius 2 is 2.00 bits per heavy atom. The van der Waals surface area contributed by atoms with E-state index in [2.05, 4.69) is 34.1 Å². The number of amidine groups is 1. The number of hydrogen-bond acceptors (Lipinski definition) is 4. The Hall–Kier alpha value is -1.07. The average molecular weight is 303 g/mol. The molecule has 1 atom stereocenters. The lowest BCUT2D eigenvalue weighted by molar-refractivity contribution is 0.427. The zero-order valence-corrected chi connectivity index (χ0v) is 12.9. The summed E-state index contributed by atoms with van der Waals surface area (Å²) in [6, 6.07) is 8.66. The van der Waals surface area contributed by atoms with Crippen molar-refractivity contribution in [2.24, 2.45) is 4.99 Å². The highest BCUT2D eigenvalue weighted by atomic mass is 32.2. The van der Waals surface area contributed by atoms with Crippen molar-refractivity contribution >= 4 is 40.5 Å². The molecule has 3 heterocycles. The van der Waals surface area contributed by atoms with Crippen LogP contribution in [0, 0.1) is 0 Å². The first kappa shape index (κ1) is 12.7. The summed E-state index contributed by atoms with van der Waals surface area (Å²) in [5.74, 6) is 3.33. The van der Waals surface area contributed by atoms with Gasteiger partial charge in [0, 0.05) is 24.4 Å². The normalized spacial score (nSPS) is 25.3. The first-order valence-electron chi connectivity index (χ1n) is 7.16. The van der Waals surface area contributed by atoms with Gasteiger partial charge in [-0.1, -0.05) is 24.4 Å². The zero-order valence-electron chi connectivity index (χ0n) is 11.3. The molecule has 1 unspecified atom stereocenters. The van der Waals surface area contributed by atoms with Crippen LogP contribution in [0.3, 0.4) is 0 Å². The fourth-order valence-corrected chi connectivity index (χ4v) is 4.80. The topological polar surface area (TPSA) is 18.8 Å². The van der Waals surface area contributed by atoms with Gasteiger partial charge < -0.3 is 9.80 Å². The molecule has 3 aliphatic rings. The number of fused-ring (bicyclic) bond motifs is 2. The Morgan fingerprint density at radius 1 is 1.20 bits per heavy atom. The molecule has 1 aromatic carbocycles. The molecule has 0 aliphatic carbocycles. The van der Waals surface area contributed by atoms with Gasteiger partial charge in [-0.05, 0) is 25.0 Å². The van der Waals surface area contributed by atoms with Crippen molar-refractivity contribution < 1.29 is 0 Å². The second-order valence-electron chi connectivity index (χ2n) is 5.47. The first-order chi connectivity index (χ1) is 9.84. The lowest BCUT2D eigenvalue weighted by Gasteiger charge is -2.29. The van der Waals surface area contributed by atoms with E-state index in [1.165, 1.54) is 18.7 Å². The number of thiocarbonyl (C=S) groups is 1. The number of para-hydroxylation sites is 1. The molecule has 3 nitrogen and oxygen atoms in total. The molecule has 0 radical (unpaired) electrons. The van der Waals surface area contributed by atoms with Gasteiger partial charge >= 0.3 is 0 Å². The number of nitrogens with zero attached hydrogens (tertiary/aromatic N) is 3. The third-order valence-corrected chi connectivity index (χ3v) is 5.71. The highest BCUT2D eigenvalue weighted by Crippen LogP contribution is 2.33. The largest absolute Gasteiger partial charge is 0.358 e. The van der Waals surface area contributed by atoms with Gasteiger partial charge in [-0.3, -0.25) is 0 Å². The Labute approximate surface area is 129 Å². The molecular formula is C15H17N3S2. The maximum absolute atomic E-state index is 5.73. The van der Waals surface area contributed by atoms with Crippen LogP contribution in [-0.2, 0) is 0 Å². The number of hydrogen-bond donors (Lipinski definition) is 0. The molecular weight excluding hydrogens is 286 g/mol. The first-order valence-corrected chi connectivity index (χ1v) is 8.72. The fourth-order valence-electron chi connectivity index (χ4n) is 3.19. The van der Waals surface area contributed by atoms with Crippen LogP contribution in [0.1, 0.15) is 18.4 Å². The molecule has 104 valence electrons. The minimum Gasteiger partial charge on any atom is -0.358 e. The standard InChI is InChI=1S/C15H17N3S2/c19-15-11-5-1-2-6-12(11)16-14(17-7-3-4-8-17)13-9-20-10-18(13)15/h1-2,5-6,13H,3-4,7-10H2. The van der Waals surface area contributed by atoms with E-state index in [0.29, 0.717) is 6.04 Å². The van der Waals surface area contributed by atoms with Crippen LogP contribution in [0.2, 0.25) is 0 Å². The van der Waals surface area contributed by atoms with Crippen molar-refractivity contribution in [3.8, 4) is 0 Å². The maximum atomic E-state index is 5.73. The van der Waals surface area contributed by atoms with E-state index in [9.17, 15) is 0 Å². The van der Waals surface area contributed by atoms with E-state index in [-0.39, 0.29) is 0 Å². The Balaban J connectivity index is 1.83. The van der Waals surface area contributed by atoms with E-state index in [1.54, 1.807) is 0 Å². The predicted octanol–water partition coefficient (Wildman–Crippen LogP) is 2.88. The van der Waals surface area contributed by atoms with Crippen LogP contribution in [0.4, 0.5) is 5.69 Å². The van der Waals surface area contributed by atoms with Crippen LogP contribution >= 0.6 is 24.0 Å². The fraction of sp³-hybridized carbons (Fsp3) is 0.467. The van der Waals surface area contributed by atoms with Crippen LogP contribution in [0.5, 0.6) is 0 Å². The van der Waals surface area contributed by atoms with Crippen molar-refractivity contribution in [3.05, 3.63) is 29.8 Å². The molecule has 0 aromatic heterocycles. The summed E-state index contributed by atoms with van der Waals surface area (Å²) in [5.41, 5.74) is 2.16. The number of aliphatic imine (C=N–C) groups is 1. The highest BCUT2D eigenvalue weighted by Gasteiger charge is 2.37. The SMILES string of the molecule is S=C1c2ccccc2N=C(N2CCCC2)C2CSCN12. The van der Waals surface area contributed by atoms with Crippen LogP contribution in [0.25, 0.3) is 0 Å². The summed E-state index contributed by atoms with van der Waals surface area (Å²) < 4.78 is 0. The Morgan fingerprint density at radius 3 is 2.85 bits per heavy atom. The Kier molecular flexibility index (Phi) is 3.19. The third-order valence-electron chi connectivity index (χ3n) is 4.24. The van der Waals surface area contributed by atoms with E-state index in [1.807, 2.05) is 11.8 Å². The molecule has 5 heteroatoms.